The Morgan fingerprint density at radius 1 is 1.17 bits per heavy atom. The van der Waals surface area contributed by atoms with Crippen molar-refractivity contribution in [3.05, 3.63) is 48.1 Å². The molecule has 3 aliphatic heterocycles. The number of carbonyl (C=O) groups is 1. The van der Waals surface area contributed by atoms with E-state index in [1.54, 1.807) is 16.7 Å². The molecule has 48 heavy (non-hydrogen) atoms. The summed E-state index contributed by atoms with van der Waals surface area (Å²) in [5, 5.41) is -0.328. The number of thiazole rings is 1. The molecule has 3 saturated heterocycles. The Morgan fingerprint density at radius 2 is 1.96 bits per heavy atom. The van der Waals surface area contributed by atoms with Crippen LogP contribution in [-0.4, -0.2) is 87.7 Å². The first-order valence-corrected chi connectivity index (χ1v) is 16.3. The average molecular weight is 692 g/mol. The molecule has 3 fully saturated rings. The summed E-state index contributed by atoms with van der Waals surface area (Å²) in [5.41, 5.74) is 2.01. The number of nitrogens with two attached hydrogens (primary N) is 1. The van der Waals surface area contributed by atoms with Gasteiger partial charge in [0.05, 0.1) is 21.3 Å². The normalized spacial score (nSPS) is 23.3. The Bertz CT molecular complexity index is 1950. The monoisotopic (exact) mass is 691 g/mol. The highest BCUT2D eigenvalue weighted by molar-refractivity contribution is 7.22. The lowest BCUT2D eigenvalue weighted by atomic mass is 9.94. The van der Waals surface area contributed by atoms with E-state index >= 15 is 4.39 Å². The van der Waals surface area contributed by atoms with Gasteiger partial charge in [0, 0.05) is 55.2 Å². The minimum atomic E-state index is -5.06. The van der Waals surface area contributed by atoms with Crippen LogP contribution in [0.3, 0.4) is 0 Å². The van der Waals surface area contributed by atoms with E-state index in [0.29, 0.717) is 13.0 Å². The highest BCUT2D eigenvalue weighted by atomic mass is 32.1. The quantitative estimate of drug-likeness (QED) is 0.195. The zero-order valence-electron chi connectivity index (χ0n) is 25.8. The van der Waals surface area contributed by atoms with Crippen molar-refractivity contribution in [3.8, 4) is 17.1 Å². The molecule has 0 unspecified atom stereocenters. The third-order valence-electron chi connectivity index (χ3n) is 9.59. The van der Waals surface area contributed by atoms with Gasteiger partial charge in [-0.15, -0.1) is 0 Å². The molecule has 3 atom stereocenters. The fourth-order valence-corrected chi connectivity index (χ4v) is 8.18. The maximum absolute atomic E-state index is 16.9. The van der Waals surface area contributed by atoms with E-state index in [0.717, 1.165) is 36.0 Å². The van der Waals surface area contributed by atoms with E-state index in [9.17, 15) is 26.7 Å². The second-order valence-electron chi connectivity index (χ2n) is 12.6. The first-order chi connectivity index (χ1) is 22.8. The van der Waals surface area contributed by atoms with Crippen LogP contribution in [-0.2, 0) is 11.0 Å². The molecule has 7 rings (SSSR count). The van der Waals surface area contributed by atoms with E-state index in [2.05, 4.69) is 21.5 Å². The summed E-state index contributed by atoms with van der Waals surface area (Å²) in [5.74, 6) is -2.40. The lowest BCUT2D eigenvalue weighted by Crippen LogP contribution is -2.54. The number of nitrogen functional groups attached to an aromatic ring is 1. The summed E-state index contributed by atoms with van der Waals surface area (Å²) < 4.78 is 96.4. The van der Waals surface area contributed by atoms with Gasteiger partial charge in [0.25, 0.3) is 0 Å². The smallest absolute Gasteiger partial charge is 0.417 e. The van der Waals surface area contributed by atoms with Gasteiger partial charge in [0.1, 0.15) is 29.9 Å². The molecule has 0 aliphatic carbocycles. The van der Waals surface area contributed by atoms with Crippen LogP contribution in [0.5, 0.6) is 6.01 Å². The molecule has 1 amide bonds. The number of benzene rings is 2. The molecule has 3 aliphatic rings. The number of amides is 1. The number of nitrogens with zero attached hydrogens (tertiary/aromatic N) is 6. The summed E-state index contributed by atoms with van der Waals surface area (Å²) in [6, 6.07) is 2.08. The van der Waals surface area contributed by atoms with Crippen LogP contribution in [0.1, 0.15) is 31.7 Å². The molecular formula is C32H31F6N7O2S. The molecule has 5 heterocycles. The summed E-state index contributed by atoms with van der Waals surface area (Å²) >= 11 is 0.735. The second-order valence-corrected chi connectivity index (χ2v) is 13.6. The number of fused-ring (bicyclic) bond motifs is 3. The van der Waals surface area contributed by atoms with Crippen molar-refractivity contribution >= 4 is 49.3 Å². The average Bonchev–Trinajstić information content (AvgIpc) is 3.71. The van der Waals surface area contributed by atoms with Gasteiger partial charge in [0.2, 0.25) is 5.91 Å². The number of carbonyl (C=O) groups excluding carboxylic acids is 1. The molecule has 0 saturated carbocycles. The highest BCUT2D eigenvalue weighted by Crippen LogP contribution is 2.46. The zero-order valence-corrected chi connectivity index (χ0v) is 26.6. The number of hydrogen-bond donors (Lipinski definition) is 1. The van der Waals surface area contributed by atoms with Gasteiger partial charge in [0.15, 0.2) is 10.9 Å². The van der Waals surface area contributed by atoms with Gasteiger partial charge in [-0.2, -0.15) is 23.1 Å². The Balaban J connectivity index is 1.41. The lowest BCUT2D eigenvalue weighted by Gasteiger charge is -2.40. The van der Waals surface area contributed by atoms with Crippen molar-refractivity contribution in [1.29, 1.82) is 0 Å². The first-order valence-electron chi connectivity index (χ1n) is 15.5. The van der Waals surface area contributed by atoms with Gasteiger partial charge >= 0.3 is 12.2 Å². The van der Waals surface area contributed by atoms with Gasteiger partial charge < -0.3 is 20.3 Å². The van der Waals surface area contributed by atoms with Gasteiger partial charge in [-0.05, 0) is 50.6 Å². The number of aromatic nitrogens is 3. The van der Waals surface area contributed by atoms with Crippen LogP contribution in [0.2, 0.25) is 0 Å². The van der Waals surface area contributed by atoms with Crippen molar-refractivity contribution in [2.24, 2.45) is 0 Å². The first kappa shape index (κ1) is 32.4. The SMILES string of the molecule is C=CC(=O)N1CCN(c2nc(OC[C@@]34CCCN3C[C@@H](F)C4)nc3c(F)c(-c4ccc(F)c5sc(N)nc45)c(C(F)(F)F)cc23)C[C@H]1C. The Hall–Kier alpha value is -4.18. The highest BCUT2D eigenvalue weighted by Gasteiger charge is 2.49. The third kappa shape index (κ3) is 5.38. The van der Waals surface area contributed by atoms with E-state index in [-0.39, 0.29) is 83.2 Å². The van der Waals surface area contributed by atoms with E-state index in [1.807, 2.05) is 4.90 Å². The number of anilines is 2. The van der Waals surface area contributed by atoms with Gasteiger partial charge in [-0.1, -0.05) is 17.9 Å². The van der Waals surface area contributed by atoms with Crippen LogP contribution < -0.4 is 15.4 Å². The number of ether oxygens (including phenoxy) is 1. The number of alkyl halides is 4. The zero-order chi connectivity index (χ0) is 34.1. The Labute approximate surface area is 275 Å². The molecular weight excluding hydrogens is 660 g/mol. The van der Waals surface area contributed by atoms with Gasteiger partial charge in [-0.3, -0.25) is 9.69 Å². The van der Waals surface area contributed by atoms with Crippen LogP contribution in [0, 0.1) is 11.6 Å². The summed E-state index contributed by atoms with van der Waals surface area (Å²) in [7, 11) is 0. The van der Waals surface area contributed by atoms with Gasteiger partial charge in [-0.25, -0.2) is 18.2 Å². The number of hydrogen-bond acceptors (Lipinski definition) is 9. The molecule has 2 N–H and O–H groups in total. The van der Waals surface area contributed by atoms with E-state index < -0.39 is 52.2 Å². The molecule has 254 valence electrons. The van der Waals surface area contributed by atoms with Crippen molar-refractivity contribution in [1.82, 2.24) is 24.8 Å². The Morgan fingerprint density at radius 3 is 2.69 bits per heavy atom. The van der Waals surface area contributed by atoms with Crippen molar-refractivity contribution < 1.29 is 35.9 Å². The minimum absolute atomic E-state index is 0.00216. The van der Waals surface area contributed by atoms with Crippen molar-refractivity contribution in [3.63, 3.8) is 0 Å². The van der Waals surface area contributed by atoms with Crippen LogP contribution >= 0.6 is 11.3 Å². The number of rotatable bonds is 6. The molecule has 0 radical (unpaired) electrons. The maximum atomic E-state index is 16.9. The molecule has 0 bridgehead atoms. The minimum Gasteiger partial charge on any atom is -0.461 e. The molecule has 2 aromatic heterocycles. The lowest BCUT2D eigenvalue weighted by molar-refractivity contribution is -0.137. The van der Waals surface area contributed by atoms with Crippen LogP contribution in [0.25, 0.3) is 32.2 Å². The van der Waals surface area contributed by atoms with Crippen LogP contribution in [0.4, 0.5) is 37.3 Å². The van der Waals surface area contributed by atoms with E-state index in [4.69, 9.17) is 10.5 Å². The number of piperazine rings is 1. The summed E-state index contributed by atoms with van der Waals surface area (Å²) in [6.07, 6.45) is -3.14. The standard InChI is InChI=1S/C32H31F6N7O2S/c1-3-22(46)45-10-9-43(13-16(45)2)28-19-11-20(32(36,37)38)23(18-5-6-21(34)27-26(18)40-29(39)48-27)24(35)25(19)41-30(42-28)47-15-31-7-4-8-44(31)14-17(33)12-31/h3,5-6,11,16-17H,1,4,7-10,12-15H2,2H3,(H2,39,40)/t16-,17+,31+/m1/s1. The maximum Gasteiger partial charge on any atom is 0.417 e. The number of halogens is 6. The van der Waals surface area contributed by atoms with Crippen molar-refractivity contribution in [2.75, 3.05) is 50.0 Å². The molecule has 2 aromatic carbocycles. The second kappa shape index (κ2) is 11.8. The molecule has 0 spiro atoms. The molecule has 16 heteroatoms. The molecule has 9 nitrogen and oxygen atoms in total. The third-order valence-corrected chi connectivity index (χ3v) is 10.5. The van der Waals surface area contributed by atoms with Crippen LogP contribution in [0.15, 0.2) is 30.9 Å². The fraction of sp³-hybridized carbons (Fsp3) is 0.438. The predicted molar refractivity (Wildman–Crippen MR) is 170 cm³/mol. The van der Waals surface area contributed by atoms with E-state index in [1.165, 1.54) is 6.08 Å². The summed E-state index contributed by atoms with van der Waals surface area (Å²) in [4.78, 5) is 30.5. The molecule has 4 aromatic rings. The topological polar surface area (TPSA) is 101 Å². The largest absolute Gasteiger partial charge is 0.461 e. The predicted octanol–water partition coefficient (Wildman–Crippen LogP) is 5.96. The summed E-state index contributed by atoms with van der Waals surface area (Å²) in [6.45, 7) is 6.80. The fourth-order valence-electron chi connectivity index (χ4n) is 7.42. The van der Waals surface area contributed by atoms with Crippen molar-refractivity contribution in [2.45, 2.75) is 50.1 Å². The Kier molecular flexibility index (Phi) is 7.93.